The Hall–Kier alpha value is -1.10. The molecular weight excluding hydrogens is 158 g/mol. The summed E-state index contributed by atoms with van der Waals surface area (Å²) < 4.78 is 4.31. The number of halogens is 1. The van der Waals surface area contributed by atoms with Crippen LogP contribution in [-0.2, 0) is 4.74 Å². The first-order valence-corrected chi connectivity index (χ1v) is 2.78. The van der Waals surface area contributed by atoms with E-state index in [1.165, 1.54) is 7.11 Å². The van der Waals surface area contributed by atoms with Gasteiger partial charge in [0.05, 0.1) is 7.11 Å². The van der Waals surface area contributed by atoms with Crippen LogP contribution in [0.4, 0.5) is 0 Å². The minimum Gasteiger partial charge on any atom is -0.463 e. The normalized spacial score (nSPS) is 9.40. The van der Waals surface area contributed by atoms with Gasteiger partial charge in [0.15, 0.2) is 0 Å². The number of rotatable bonds is 1. The third kappa shape index (κ3) is 1.24. The van der Waals surface area contributed by atoms with Crippen molar-refractivity contribution in [3.63, 3.8) is 0 Å². The van der Waals surface area contributed by atoms with Crippen LogP contribution < -0.4 is 0 Å². The minimum atomic E-state index is -0.608. The predicted octanol–water partition coefficient (Wildman–Crippen LogP) is 0.245. The molecule has 0 amide bonds. The summed E-state index contributed by atoms with van der Waals surface area (Å²) in [6.07, 6.45) is 0. The number of carbonyl (C=O) groups excluding carboxylic acids is 1. The second-order valence-corrected chi connectivity index (χ2v) is 1.80. The number of aromatic nitrogens is 3. The van der Waals surface area contributed by atoms with Crippen LogP contribution in [0.3, 0.4) is 0 Å². The average Bonchev–Trinajstić information content (AvgIpc) is 2.34. The van der Waals surface area contributed by atoms with Gasteiger partial charge in [0, 0.05) is 0 Å². The molecule has 0 spiro atoms. The van der Waals surface area contributed by atoms with Crippen molar-refractivity contribution in [2.24, 2.45) is 0 Å². The number of methoxy groups -OCH3 is 1. The lowest BCUT2D eigenvalue weighted by atomic mass is 10.6. The Bertz CT molecular complexity index is 246. The van der Waals surface area contributed by atoms with E-state index >= 15 is 0 Å². The van der Waals surface area contributed by atoms with Crippen molar-refractivity contribution in [1.29, 1.82) is 0 Å². The largest absolute Gasteiger partial charge is 0.463 e. The molecule has 0 unspecified atom stereocenters. The quantitative estimate of drug-likeness (QED) is 0.600. The third-order valence-corrected chi connectivity index (χ3v) is 0.995. The van der Waals surface area contributed by atoms with E-state index in [-0.39, 0.29) is 11.1 Å². The van der Waals surface area contributed by atoms with E-state index in [4.69, 9.17) is 11.6 Å². The van der Waals surface area contributed by atoms with Crippen LogP contribution >= 0.6 is 11.6 Å². The van der Waals surface area contributed by atoms with Gasteiger partial charge in [-0.25, -0.2) is 9.89 Å². The SMILES string of the molecule is COC(=O)c1n[nH]c(Cl)n1. The van der Waals surface area contributed by atoms with Crippen molar-refractivity contribution in [3.05, 3.63) is 11.1 Å². The summed E-state index contributed by atoms with van der Waals surface area (Å²) >= 11 is 5.32. The predicted molar refractivity (Wildman–Crippen MR) is 32.7 cm³/mol. The zero-order valence-corrected chi connectivity index (χ0v) is 5.84. The summed E-state index contributed by atoms with van der Waals surface area (Å²) in [5.74, 6) is -0.671. The zero-order valence-electron chi connectivity index (χ0n) is 5.09. The van der Waals surface area contributed by atoms with Gasteiger partial charge in [-0.3, -0.25) is 0 Å². The van der Waals surface area contributed by atoms with Gasteiger partial charge >= 0.3 is 5.97 Å². The van der Waals surface area contributed by atoms with Gasteiger partial charge in [-0.2, -0.15) is 4.98 Å². The van der Waals surface area contributed by atoms with E-state index in [1.807, 2.05) is 0 Å². The van der Waals surface area contributed by atoms with Crippen LogP contribution in [0.1, 0.15) is 10.6 Å². The maximum atomic E-state index is 10.6. The molecule has 0 fully saturated rings. The molecule has 0 bridgehead atoms. The maximum Gasteiger partial charge on any atom is 0.377 e. The molecule has 1 rings (SSSR count). The van der Waals surface area contributed by atoms with Crippen LogP contribution in [0.5, 0.6) is 0 Å². The highest BCUT2D eigenvalue weighted by molar-refractivity contribution is 6.28. The van der Waals surface area contributed by atoms with Gasteiger partial charge in [0.1, 0.15) is 0 Å². The number of H-pyrrole nitrogens is 1. The zero-order chi connectivity index (χ0) is 7.56. The van der Waals surface area contributed by atoms with E-state index in [1.54, 1.807) is 0 Å². The Morgan fingerprint density at radius 1 is 1.80 bits per heavy atom. The molecule has 0 atom stereocenters. The van der Waals surface area contributed by atoms with Crippen molar-refractivity contribution < 1.29 is 9.53 Å². The van der Waals surface area contributed by atoms with Gasteiger partial charge < -0.3 is 4.74 Å². The molecule has 1 aromatic heterocycles. The number of esters is 1. The Morgan fingerprint density at radius 3 is 2.90 bits per heavy atom. The van der Waals surface area contributed by atoms with Crippen molar-refractivity contribution >= 4 is 17.6 Å². The first-order valence-electron chi connectivity index (χ1n) is 2.40. The molecule has 1 heterocycles. The van der Waals surface area contributed by atoms with E-state index in [2.05, 4.69) is 19.9 Å². The maximum absolute atomic E-state index is 10.6. The summed E-state index contributed by atoms with van der Waals surface area (Å²) in [6, 6.07) is 0. The number of nitrogens with zero attached hydrogens (tertiary/aromatic N) is 2. The fourth-order valence-electron chi connectivity index (χ4n) is 0.425. The summed E-state index contributed by atoms with van der Waals surface area (Å²) in [7, 11) is 1.24. The molecule has 0 aliphatic rings. The number of hydrogen-bond donors (Lipinski definition) is 1. The molecule has 10 heavy (non-hydrogen) atoms. The van der Waals surface area contributed by atoms with Crippen molar-refractivity contribution in [3.8, 4) is 0 Å². The molecule has 1 N–H and O–H groups in total. The Kier molecular flexibility index (Phi) is 1.86. The van der Waals surface area contributed by atoms with E-state index < -0.39 is 5.97 Å². The van der Waals surface area contributed by atoms with Crippen LogP contribution in [0, 0.1) is 0 Å². The first kappa shape index (κ1) is 7.01. The molecule has 5 nitrogen and oxygen atoms in total. The summed E-state index contributed by atoms with van der Waals surface area (Å²) in [5.41, 5.74) is 0. The van der Waals surface area contributed by atoms with Crippen molar-refractivity contribution in [2.75, 3.05) is 7.11 Å². The standard InChI is InChI=1S/C4H4ClN3O2/c1-10-3(9)2-6-4(5)8-7-2/h1H3,(H,6,7,8). The fourth-order valence-corrected chi connectivity index (χ4v) is 0.547. The molecule has 0 saturated heterocycles. The number of carbonyl (C=O) groups is 1. The lowest BCUT2D eigenvalue weighted by Crippen LogP contribution is -2.03. The molecule has 54 valence electrons. The molecule has 0 aliphatic heterocycles. The van der Waals surface area contributed by atoms with Crippen molar-refractivity contribution in [2.45, 2.75) is 0 Å². The Labute approximate surface area is 61.4 Å². The molecule has 1 aromatic rings. The summed E-state index contributed by atoms with van der Waals surface area (Å²) in [5, 5.41) is 5.80. The van der Waals surface area contributed by atoms with Gasteiger partial charge in [-0.05, 0) is 11.6 Å². The van der Waals surface area contributed by atoms with E-state index in [9.17, 15) is 4.79 Å². The van der Waals surface area contributed by atoms with Gasteiger partial charge in [0.25, 0.3) is 5.82 Å². The van der Waals surface area contributed by atoms with Crippen LogP contribution in [0.25, 0.3) is 0 Å². The number of ether oxygens (including phenoxy) is 1. The van der Waals surface area contributed by atoms with E-state index in [0.29, 0.717) is 0 Å². The molecule has 0 radical (unpaired) electrons. The first-order chi connectivity index (χ1) is 4.74. The third-order valence-electron chi connectivity index (χ3n) is 0.826. The summed E-state index contributed by atoms with van der Waals surface area (Å²) in [6.45, 7) is 0. The molecule has 0 aromatic carbocycles. The van der Waals surface area contributed by atoms with Crippen LogP contribution in [0.15, 0.2) is 0 Å². The lowest BCUT2D eigenvalue weighted by molar-refractivity contribution is 0.0587. The number of aromatic amines is 1. The molecule has 6 heteroatoms. The summed E-state index contributed by atoms with van der Waals surface area (Å²) in [4.78, 5) is 14.1. The topological polar surface area (TPSA) is 67.9 Å². The monoisotopic (exact) mass is 161 g/mol. The van der Waals surface area contributed by atoms with Gasteiger partial charge in [0.2, 0.25) is 5.28 Å². The van der Waals surface area contributed by atoms with Crippen molar-refractivity contribution in [1.82, 2.24) is 15.2 Å². The lowest BCUT2D eigenvalue weighted by Gasteiger charge is -1.87. The Balaban J connectivity index is 2.85. The average molecular weight is 162 g/mol. The van der Waals surface area contributed by atoms with Crippen LogP contribution in [0.2, 0.25) is 5.28 Å². The van der Waals surface area contributed by atoms with E-state index in [0.717, 1.165) is 0 Å². The molecular formula is C4H4ClN3O2. The Morgan fingerprint density at radius 2 is 2.50 bits per heavy atom. The highest BCUT2D eigenvalue weighted by Gasteiger charge is 2.10. The number of nitrogens with one attached hydrogen (secondary N) is 1. The van der Waals surface area contributed by atoms with Gasteiger partial charge in [-0.15, -0.1) is 5.10 Å². The molecule has 0 saturated carbocycles. The van der Waals surface area contributed by atoms with Gasteiger partial charge in [-0.1, -0.05) is 0 Å². The van der Waals surface area contributed by atoms with Crippen LogP contribution in [-0.4, -0.2) is 28.3 Å². The molecule has 0 aliphatic carbocycles. The highest BCUT2D eigenvalue weighted by atomic mass is 35.5. The number of hydrogen-bond acceptors (Lipinski definition) is 4. The highest BCUT2D eigenvalue weighted by Crippen LogP contribution is 1.98. The second kappa shape index (κ2) is 2.66. The minimum absolute atomic E-state index is 0.0625. The smallest absolute Gasteiger partial charge is 0.377 e. The second-order valence-electron chi connectivity index (χ2n) is 1.44. The fraction of sp³-hybridized carbons (Fsp3) is 0.250.